The Bertz CT molecular complexity index is 1030. The number of imide groups is 1. The molecule has 0 aliphatic carbocycles. The second kappa shape index (κ2) is 8.41. The first-order valence-corrected chi connectivity index (χ1v) is 10.1. The molecule has 1 atom stereocenters. The Balaban J connectivity index is 1.85. The fourth-order valence-electron chi connectivity index (χ4n) is 3.76. The Kier molecular flexibility index (Phi) is 6.26. The summed E-state index contributed by atoms with van der Waals surface area (Å²) in [4.78, 5) is 39.6. The van der Waals surface area contributed by atoms with Gasteiger partial charge in [-0.1, -0.05) is 29.3 Å². The highest BCUT2D eigenvalue weighted by Crippen LogP contribution is 2.35. The summed E-state index contributed by atoms with van der Waals surface area (Å²) in [6.45, 7) is 6.05. The smallest absolute Gasteiger partial charge is 0.325 e. The molecule has 1 aromatic carbocycles. The number of ketones is 1. The van der Waals surface area contributed by atoms with E-state index in [1.165, 1.54) is 6.07 Å². The highest BCUT2D eigenvalue weighted by molar-refractivity contribution is 6.35. The number of hydrogen-bond acceptors (Lipinski definition) is 4. The van der Waals surface area contributed by atoms with Gasteiger partial charge < -0.3 is 14.6 Å². The van der Waals surface area contributed by atoms with Crippen molar-refractivity contribution in [3.05, 3.63) is 56.8 Å². The van der Waals surface area contributed by atoms with E-state index in [0.29, 0.717) is 29.3 Å². The highest BCUT2D eigenvalue weighted by Gasteiger charge is 2.50. The van der Waals surface area contributed by atoms with Crippen molar-refractivity contribution < 1.29 is 19.1 Å². The number of hydrogen-bond donors (Lipinski definition) is 1. The topological polar surface area (TPSA) is 80.6 Å². The van der Waals surface area contributed by atoms with Gasteiger partial charge in [0.05, 0.1) is 13.2 Å². The van der Waals surface area contributed by atoms with E-state index in [9.17, 15) is 14.4 Å². The molecule has 3 rings (SSSR count). The van der Waals surface area contributed by atoms with Gasteiger partial charge in [-0.2, -0.15) is 0 Å². The molecule has 2 aromatic rings. The van der Waals surface area contributed by atoms with Crippen LogP contribution >= 0.6 is 23.2 Å². The maximum Gasteiger partial charge on any atom is 0.325 e. The molecule has 160 valence electrons. The van der Waals surface area contributed by atoms with Crippen LogP contribution in [-0.2, 0) is 21.6 Å². The third-order valence-electron chi connectivity index (χ3n) is 5.44. The molecule has 1 aromatic heterocycles. The summed E-state index contributed by atoms with van der Waals surface area (Å²) in [7, 11) is 1.61. The number of amides is 3. The van der Waals surface area contributed by atoms with Gasteiger partial charge in [0.1, 0.15) is 5.54 Å². The summed E-state index contributed by atoms with van der Waals surface area (Å²) < 4.78 is 7.08. The number of urea groups is 1. The molecule has 1 fully saturated rings. The van der Waals surface area contributed by atoms with E-state index in [2.05, 4.69) is 5.32 Å². The zero-order valence-electron chi connectivity index (χ0n) is 17.2. The number of methoxy groups -OCH3 is 1. The number of carbonyl (C=O) groups is 3. The maximum absolute atomic E-state index is 13.1. The lowest BCUT2D eigenvalue weighted by molar-refractivity contribution is -0.130. The minimum absolute atomic E-state index is 0.258. The van der Waals surface area contributed by atoms with Gasteiger partial charge in [-0.05, 0) is 39.0 Å². The standard InChI is InChI=1S/C21H23Cl2N3O4/c1-12-9-15(13(2)25(12)7-8-30-4)18(27)11-26-19(28)21(3,24-20(26)29)16-6-5-14(22)10-17(16)23/h5-6,9-10H,7-8,11H2,1-4H3,(H,24,29)/t21-/m0/s1. The van der Waals surface area contributed by atoms with Gasteiger partial charge in [0, 0.05) is 46.2 Å². The van der Waals surface area contributed by atoms with Crippen molar-refractivity contribution in [3.63, 3.8) is 0 Å². The summed E-state index contributed by atoms with van der Waals surface area (Å²) in [5, 5.41) is 3.33. The van der Waals surface area contributed by atoms with Crippen molar-refractivity contribution in [2.45, 2.75) is 32.9 Å². The number of carbonyl (C=O) groups excluding carboxylic acids is 3. The molecule has 9 heteroatoms. The first kappa shape index (κ1) is 22.3. The van der Waals surface area contributed by atoms with Gasteiger partial charge in [-0.25, -0.2) is 4.79 Å². The molecule has 1 aliphatic rings. The molecular formula is C21H23Cl2N3O4. The van der Waals surface area contributed by atoms with Crippen LogP contribution in [0.3, 0.4) is 0 Å². The monoisotopic (exact) mass is 451 g/mol. The van der Waals surface area contributed by atoms with Gasteiger partial charge >= 0.3 is 6.03 Å². The largest absolute Gasteiger partial charge is 0.383 e. The number of halogens is 2. The molecule has 30 heavy (non-hydrogen) atoms. The van der Waals surface area contributed by atoms with Gasteiger partial charge in [0.15, 0.2) is 5.78 Å². The Morgan fingerprint density at radius 2 is 1.90 bits per heavy atom. The van der Waals surface area contributed by atoms with Crippen LogP contribution in [0.5, 0.6) is 0 Å². The van der Waals surface area contributed by atoms with Crippen LogP contribution in [0.2, 0.25) is 10.0 Å². The Morgan fingerprint density at radius 3 is 2.53 bits per heavy atom. The van der Waals surface area contributed by atoms with Crippen LogP contribution in [0.4, 0.5) is 4.79 Å². The molecule has 2 heterocycles. The van der Waals surface area contributed by atoms with Crippen molar-refractivity contribution in [1.82, 2.24) is 14.8 Å². The number of nitrogens with one attached hydrogen (secondary N) is 1. The molecule has 0 radical (unpaired) electrons. The average Bonchev–Trinajstić information content (AvgIpc) is 3.07. The van der Waals surface area contributed by atoms with E-state index in [4.69, 9.17) is 27.9 Å². The van der Waals surface area contributed by atoms with Crippen LogP contribution in [0.15, 0.2) is 24.3 Å². The summed E-state index contributed by atoms with van der Waals surface area (Å²) in [6, 6.07) is 5.82. The average molecular weight is 452 g/mol. The van der Waals surface area contributed by atoms with Crippen molar-refractivity contribution in [3.8, 4) is 0 Å². The van der Waals surface area contributed by atoms with E-state index in [0.717, 1.165) is 16.3 Å². The second-order valence-corrected chi connectivity index (χ2v) is 8.27. The van der Waals surface area contributed by atoms with E-state index in [1.807, 2.05) is 18.4 Å². The third kappa shape index (κ3) is 3.85. The van der Waals surface area contributed by atoms with Crippen molar-refractivity contribution in [2.75, 3.05) is 20.3 Å². The lowest BCUT2D eigenvalue weighted by atomic mass is 9.92. The lowest BCUT2D eigenvalue weighted by Gasteiger charge is -2.23. The normalized spacial score (nSPS) is 18.8. The molecule has 1 N–H and O–H groups in total. The Labute approximate surface area is 184 Å². The highest BCUT2D eigenvalue weighted by atomic mass is 35.5. The van der Waals surface area contributed by atoms with Crippen molar-refractivity contribution in [1.29, 1.82) is 0 Å². The fourth-order valence-corrected chi connectivity index (χ4v) is 4.35. The number of benzene rings is 1. The van der Waals surface area contributed by atoms with E-state index < -0.39 is 17.5 Å². The van der Waals surface area contributed by atoms with E-state index in [1.54, 1.807) is 32.2 Å². The van der Waals surface area contributed by atoms with Crippen LogP contribution in [0.25, 0.3) is 0 Å². The molecule has 0 saturated carbocycles. The quantitative estimate of drug-likeness (QED) is 0.513. The summed E-state index contributed by atoms with van der Waals surface area (Å²) >= 11 is 12.2. The molecule has 1 saturated heterocycles. The predicted octanol–water partition coefficient (Wildman–Crippen LogP) is 3.71. The number of rotatable bonds is 7. The van der Waals surface area contributed by atoms with Gasteiger partial charge in [0.2, 0.25) is 0 Å². The van der Waals surface area contributed by atoms with Crippen LogP contribution in [0.1, 0.15) is 34.2 Å². The molecule has 7 nitrogen and oxygen atoms in total. The van der Waals surface area contributed by atoms with Crippen LogP contribution in [0, 0.1) is 13.8 Å². The fraction of sp³-hybridized carbons (Fsp3) is 0.381. The van der Waals surface area contributed by atoms with Crippen molar-refractivity contribution in [2.24, 2.45) is 0 Å². The lowest BCUT2D eigenvalue weighted by Crippen LogP contribution is -2.41. The van der Waals surface area contributed by atoms with Crippen LogP contribution < -0.4 is 5.32 Å². The molecule has 0 spiro atoms. The Morgan fingerprint density at radius 1 is 1.20 bits per heavy atom. The minimum atomic E-state index is -1.38. The number of nitrogens with zero attached hydrogens (tertiary/aromatic N) is 2. The second-order valence-electron chi connectivity index (χ2n) is 7.42. The van der Waals surface area contributed by atoms with Gasteiger partial charge in [-0.3, -0.25) is 14.5 Å². The summed E-state index contributed by atoms with van der Waals surface area (Å²) in [6.07, 6.45) is 0. The maximum atomic E-state index is 13.1. The number of Topliss-reactive ketones (excluding diaryl/α,β-unsaturated/α-hetero) is 1. The predicted molar refractivity (Wildman–Crippen MR) is 114 cm³/mol. The van der Waals surface area contributed by atoms with Gasteiger partial charge in [-0.15, -0.1) is 0 Å². The first-order chi connectivity index (χ1) is 14.1. The zero-order chi connectivity index (χ0) is 22.2. The van der Waals surface area contributed by atoms with Crippen LogP contribution in [-0.4, -0.2) is 47.4 Å². The molecule has 0 unspecified atom stereocenters. The van der Waals surface area contributed by atoms with Gasteiger partial charge in [0.25, 0.3) is 5.91 Å². The molecule has 3 amide bonds. The van der Waals surface area contributed by atoms with Crippen molar-refractivity contribution >= 4 is 40.9 Å². The minimum Gasteiger partial charge on any atom is -0.383 e. The number of aryl methyl sites for hydroxylation is 1. The molecule has 1 aliphatic heterocycles. The third-order valence-corrected chi connectivity index (χ3v) is 5.99. The summed E-state index contributed by atoms with van der Waals surface area (Å²) in [5.74, 6) is -0.861. The number of ether oxygens (including phenoxy) is 1. The van der Waals surface area contributed by atoms with E-state index in [-0.39, 0.29) is 17.4 Å². The van der Waals surface area contributed by atoms with E-state index >= 15 is 0 Å². The zero-order valence-corrected chi connectivity index (χ0v) is 18.7. The Hall–Kier alpha value is -2.35. The number of aromatic nitrogens is 1. The SMILES string of the molecule is COCCn1c(C)cc(C(=O)CN2C(=O)N[C@@](C)(c3ccc(Cl)cc3Cl)C2=O)c1C. The molecular weight excluding hydrogens is 429 g/mol. The first-order valence-electron chi connectivity index (χ1n) is 9.38. The summed E-state index contributed by atoms with van der Waals surface area (Å²) in [5.41, 5.74) is 1.18. The molecule has 0 bridgehead atoms.